The summed E-state index contributed by atoms with van der Waals surface area (Å²) in [6, 6.07) is 9.29. The molecule has 0 unspecified atom stereocenters. The molecule has 0 aliphatic heterocycles. The Morgan fingerprint density at radius 3 is 2.79 bits per heavy atom. The lowest BCUT2D eigenvalue weighted by molar-refractivity contribution is -0.138. The predicted molar refractivity (Wildman–Crippen MR) is 106 cm³/mol. The Morgan fingerprint density at radius 2 is 2.04 bits per heavy atom. The number of fused-ring (bicyclic) bond motifs is 1. The van der Waals surface area contributed by atoms with Gasteiger partial charge in [-0.2, -0.15) is 0 Å². The van der Waals surface area contributed by atoms with Crippen molar-refractivity contribution in [1.82, 2.24) is 0 Å². The number of phenols is 1. The van der Waals surface area contributed by atoms with E-state index in [1.165, 1.54) is 31.4 Å². The maximum absolute atomic E-state index is 12.0. The maximum atomic E-state index is 12.0. The number of rotatable bonds is 5. The summed E-state index contributed by atoms with van der Waals surface area (Å²) < 4.78 is 15.4. The van der Waals surface area contributed by atoms with Gasteiger partial charge in [0.05, 0.1) is 7.11 Å². The van der Waals surface area contributed by atoms with Gasteiger partial charge in [-0.3, -0.25) is 0 Å². The van der Waals surface area contributed by atoms with Crippen LogP contribution in [-0.2, 0) is 16.1 Å². The number of halogens is 1. The summed E-state index contributed by atoms with van der Waals surface area (Å²) in [6.45, 7) is 1.70. The molecule has 0 saturated carbocycles. The molecule has 1 heterocycles. The van der Waals surface area contributed by atoms with Crippen LogP contribution in [0, 0.1) is 6.92 Å². The van der Waals surface area contributed by atoms with Crippen LogP contribution in [0.4, 0.5) is 0 Å². The zero-order chi connectivity index (χ0) is 20.3. The Hall–Kier alpha value is -3.25. The zero-order valence-electron chi connectivity index (χ0n) is 15.2. The molecule has 0 amide bonds. The van der Waals surface area contributed by atoms with Crippen LogP contribution in [-0.4, -0.2) is 18.2 Å². The molecule has 0 aliphatic rings. The topological polar surface area (TPSA) is 86.0 Å². The molecule has 6 nitrogen and oxygen atoms in total. The second-order valence-corrected chi connectivity index (χ2v) is 6.47. The van der Waals surface area contributed by atoms with E-state index in [0.717, 1.165) is 5.56 Å². The minimum atomic E-state index is -0.591. The molecule has 0 saturated heterocycles. The van der Waals surface area contributed by atoms with Crippen molar-refractivity contribution < 1.29 is 23.8 Å². The number of carbonyl (C=O) groups is 1. The number of aromatic hydroxyl groups is 1. The van der Waals surface area contributed by atoms with Gasteiger partial charge in [-0.25, -0.2) is 9.59 Å². The number of carbonyl (C=O) groups excluding carboxylic acids is 1. The molecule has 28 heavy (non-hydrogen) atoms. The summed E-state index contributed by atoms with van der Waals surface area (Å²) >= 11 is 6.15. The normalized spacial score (nSPS) is 11.1. The lowest BCUT2D eigenvalue weighted by atomic mass is 10.1. The standard InChI is InChI=1S/C21H17ClO6/c1-12-7-18-15(10-16(12)22)14(9-21(25)28-18)11-27-20(24)6-4-13-3-5-17(23)19(8-13)26-2/h3-10,23H,11H2,1-2H3/b6-4+. The van der Waals surface area contributed by atoms with Crippen molar-refractivity contribution in [3.63, 3.8) is 0 Å². The molecule has 3 rings (SSSR count). The third-order valence-corrected chi connectivity index (χ3v) is 4.50. The van der Waals surface area contributed by atoms with E-state index < -0.39 is 11.6 Å². The lowest BCUT2D eigenvalue weighted by Gasteiger charge is -2.07. The number of phenolic OH excluding ortho intramolecular Hbond substituents is 1. The third-order valence-electron chi connectivity index (χ3n) is 4.09. The highest BCUT2D eigenvalue weighted by molar-refractivity contribution is 6.32. The van der Waals surface area contributed by atoms with Gasteiger partial charge >= 0.3 is 11.6 Å². The SMILES string of the molecule is COc1cc(/C=C/C(=O)OCc2cc(=O)oc3cc(C)c(Cl)cc23)ccc1O. The number of methoxy groups -OCH3 is 1. The first kappa shape index (κ1) is 19.5. The first-order chi connectivity index (χ1) is 13.4. The van der Waals surface area contributed by atoms with Gasteiger partial charge in [-0.1, -0.05) is 17.7 Å². The fourth-order valence-corrected chi connectivity index (χ4v) is 2.79. The second-order valence-electron chi connectivity index (χ2n) is 6.06. The van der Waals surface area contributed by atoms with Gasteiger partial charge < -0.3 is 19.0 Å². The van der Waals surface area contributed by atoms with Gasteiger partial charge in [0.25, 0.3) is 0 Å². The Morgan fingerprint density at radius 1 is 1.25 bits per heavy atom. The summed E-state index contributed by atoms with van der Waals surface area (Å²) in [5.41, 5.74) is 1.78. The average molecular weight is 401 g/mol. The van der Waals surface area contributed by atoms with Gasteiger partial charge in [0.1, 0.15) is 12.2 Å². The predicted octanol–water partition coefficient (Wildman–Crippen LogP) is 4.23. The molecule has 0 atom stereocenters. The van der Waals surface area contributed by atoms with Crippen LogP contribution in [0.3, 0.4) is 0 Å². The van der Waals surface area contributed by atoms with E-state index in [1.807, 2.05) is 0 Å². The molecule has 7 heteroatoms. The molecule has 0 fully saturated rings. The van der Waals surface area contributed by atoms with E-state index >= 15 is 0 Å². The molecular weight excluding hydrogens is 384 g/mol. The van der Waals surface area contributed by atoms with Crippen molar-refractivity contribution >= 4 is 34.6 Å². The number of aryl methyl sites for hydroxylation is 1. The molecule has 144 valence electrons. The molecular formula is C21H17ClO6. The quantitative estimate of drug-likeness (QED) is 0.392. The summed E-state index contributed by atoms with van der Waals surface area (Å²) in [7, 11) is 1.44. The first-order valence-corrected chi connectivity index (χ1v) is 8.70. The molecule has 0 bridgehead atoms. The molecule has 1 N–H and O–H groups in total. The van der Waals surface area contributed by atoms with Crippen molar-refractivity contribution in [2.24, 2.45) is 0 Å². The van der Waals surface area contributed by atoms with Crippen LogP contribution >= 0.6 is 11.6 Å². The van der Waals surface area contributed by atoms with E-state index in [9.17, 15) is 14.7 Å². The van der Waals surface area contributed by atoms with E-state index in [1.54, 1.807) is 31.2 Å². The second kappa shape index (κ2) is 8.19. The smallest absolute Gasteiger partial charge is 0.336 e. The minimum absolute atomic E-state index is 0.00547. The fraction of sp³-hybridized carbons (Fsp3) is 0.143. The van der Waals surface area contributed by atoms with Crippen LogP contribution in [0.2, 0.25) is 5.02 Å². The van der Waals surface area contributed by atoms with Gasteiger partial charge in [-0.05, 0) is 48.4 Å². The Labute approximate surface area is 165 Å². The number of hydrogen-bond acceptors (Lipinski definition) is 6. The fourth-order valence-electron chi connectivity index (χ4n) is 2.63. The van der Waals surface area contributed by atoms with Crippen LogP contribution < -0.4 is 10.4 Å². The van der Waals surface area contributed by atoms with Gasteiger partial charge in [-0.15, -0.1) is 0 Å². The van der Waals surface area contributed by atoms with Crippen molar-refractivity contribution in [2.45, 2.75) is 13.5 Å². The van der Waals surface area contributed by atoms with Gasteiger partial charge in [0, 0.05) is 28.1 Å². The van der Waals surface area contributed by atoms with Crippen LogP contribution in [0.5, 0.6) is 11.5 Å². The third kappa shape index (κ3) is 4.35. The maximum Gasteiger partial charge on any atom is 0.336 e. The molecule has 2 aromatic carbocycles. The van der Waals surface area contributed by atoms with Gasteiger partial charge in [0.2, 0.25) is 0 Å². The van der Waals surface area contributed by atoms with Gasteiger partial charge in [0.15, 0.2) is 11.5 Å². The number of esters is 1. The highest BCUT2D eigenvalue weighted by Gasteiger charge is 2.10. The molecule has 1 aromatic heterocycles. The molecule has 0 radical (unpaired) electrons. The van der Waals surface area contributed by atoms with Crippen molar-refractivity contribution in [2.75, 3.05) is 7.11 Å². The summed E-state index contributed by atoms with van der Waals surface area (Å²) in [6.07, 6.45) is 2.78. The van der Waals surface area contributed by atoms with Crippen molar-refractivity contribution in [3.05, 3.63) is 74.6 Å². The summed E-state index contributed by atoms with van der Waals surface area (Å²) in [4.78, 5) is 23.8. The lowest BCUT2D eigenvalue weighted by Crippen LogP contribution is -2.05. The van der Waals surface area contributed by atoms with E-state index in [2.05, 4.69) is 0 Å². The average Bonchev–Trinajstić information content (AvgIpc) is 2.66. The van der Waals surface area contributed by atoms with Crippen molar-refractivity contribution in [1.29, 1.82) is 0 Å². The largest absolute Gasteiger partial charge is 0.504 e. The zero-order valence-corrected chi connectivity index (χ0v) is 15.9. The Balaban J connectivity index is 1.76. The molecule has 0 spiro atoms. The van der Waals surface area contributed by atoms with E-state index in [4.69, 9.17) is 25.5 Å². The van der Waals surface area contributed by atoms with E-state index in [0.29, 0.717) is 32.9 Å². The first-order valence-electron chi connectivity index (χ1n) is 8.32. The number of ether oxygens (including phenoxy) is 2. The van der Waals surface area contributed by atoms with E-state index in [-0.39, 0.29) is 12.4 Å². The van der Waals surface area contributed by atoms with Crippen molar-refractivity contribution in [3.8, 4) is 11.5 Å². The highest BCUT2D eigenvalue weighted by atomic mass is 35.5. The Kier molecular flexibility index (Phi) is 5.70. The number of hydrogen-bond donors (Lipinski definition) is 1. The number of benzene rings is 2. The van der Waals surface area contributed by atoms with Crippen LogP contribution in [0.15, 0.2) is 51.7 Å². The molecule has 3 aromatic rings. The summed E-state index contributed by atoms with van der Waals surface area (Å²) in [5, 5.41) is 10.7. The van der Waals surface area contributed by atoms with Crippen LogP contribution in [0.1, 0.15) is 16.7 Å². The highest BCUT2D eigenvalue weighted by Crippen LogP contribution is 2.27. The van der Waals surface area contributed by atoms with Crippen LogP contribution in [0.25, 0.3) is 17.0 Å². The Bertz CT molecular complexity index is 1130. The molecule has 0 aliphatic carbocycles. The monoisotopic (exact) mass is 400 g/mol. The summed E-state index contributed by atoms with van der Waals surface area (Å²) in [5.74, 6) is -0.289. The minimum Gasteiger partial charge on any atom is -0.504 e.